The molecular formula is C14H17F3N2O4. The first kappa shape index (κ1) is 18.8. The number of carboxylic acids is 1. The Hall–Kier alpha value is -2.29. The third-order valence-corrected chi connectivity index (χ3v) is 2.94. The van der Waals surface area contributed by atoms with Crippen molar-refractivity contribution in [1.82, 2.24) is 5.32 Å². The highest BCUT2D eigenvalue weighted by Gasteiger charge is 2.30. The van der Waals surface area contributed by atoms with E-state index in [2.05, 4.69) is 10.6 Å². The maximum Gasteiger partial charge on any atom is 0.389 e. The van der Waals surface area contributed by atoms with Crippen molar-refractivity contribution in [1.29, 1.82) is 0 Å². The fourth-order valence-corrected chi connectivity index (χ4v) is 1.59. The predicted molar refractivity (Wildman–Crippen MR) is 76.1 cm³/mol. The molecule has 0 aliphatic carbocycles. The van der Waals surface area contributed by atoms with E-state index in [9.17, 15) is 27.9 Å². The summed E-state index contributed by atoms with van der Waals surface area (Å²) in [5.74, 6) is -1.49. The van der Waals surface area contributed by atoms with Gasteiger partial charge in [-0.2, -0.15) is 13.2 Å². The molecule has 23 heavy (non-hydrogen) atoms. The summed E-state index contributed by atoms with van der Waals surface area (Å²) >= 11 is 0. The van der Waals surface area contributed by atoms with Gasteiger partial charge in [0, 0.05) is 12.1 Å². The third kappa shape index (κ3) is 7.00. The molecule has 4 N–H and O–H groups in total. The van der Waals surface area contributed by atoms with Gasteiger partial charge in [0.2, 0.25) is 0 Å². The average molecular weight is 334 g/mol. The van der Waals surface area contributed by atoms with Crippen LogP contribution in [0.3, 0.4) is 0 Å². The van der Waals surface area contributed by atoms with Crippen LogP contribution >= 0.6 is 0 Å². The number of aliphatic hydroxyl groups is 1. The lowest BCUT2D eigenvalue weighted by Gasteiger charge is -2.18. The highest BCUT2D eigenvalue weighted by atomic mass is 19.4. The van der Waals surface area contributed by atoms with Gasteiger partial charge in [-0.15, -0.1) is 0 Å². The largest absolute Gasteiger partial charge is 0.479 e. The molecule has 0 spiro atoms. The van der Waals surface area contributed by atoms with Gasteiger partial charge >= 0.3 is 18.2 Å². The molecule has 1 aromatic carbocycles. The van der Waals surface area contributed by atoms with E-state index >= 15 is 0 Å². The number of aryl methyl sites for hydroxylation is 1. The van der Waals surface area contributed by atoms with Crippen molar-refractivity contribution in [3.63, 3.8) is 0 Å². The molecular weight excluding hydrogens is 317 g/mol. The quantitative estimate of drug-likeness (QED) is 0.640. The zero-order valence-electron chi connectivity index (χ0n) is 12.3. The van der Waals surface area contributed by atoms with Crippen molar-refractivity contribution in [2.24, 2.45) is 0 Å². The lowest BCUT2D eigenvalue weighted by atomic mass is 10.1. The molecule has 1 unspecified atom stereocenters. The van der Waals surface area contributed by atoms with Gasteiger partial charge < -0.3 is 20.8 Å². The second-order valence-corrected chi connectivity index (χ2v) is 5.20. The summed E-state index contributed by atoms with van der Waals surface area (Å²) < 4.78 is 36.5. The number of hydrogen-bond acceptors (Lipinski definition) is 3. The number of anilines is 1. The van der Waals surface area contributed by atoms with Crippen LogP contribution in [0.2, 0.25) is 0 Å². The van der Waals surface area contributed by atoms with E-state index < -0.39 is 36.7 Å². The number of benzene rings is 1. The number of carbonyl (C=O) groups is 2. The van der Waals surface area contributed by atoms with Crippen molar-refractivity contribution >= 4 is 17.7 Å². The summed E-state index contributed by atoms with van der Waals surface area (Å²) in [5, 5.41) is 22.7. The standard InChI is InChI=1S/C14H17F3N2O4/c1-13(23,11(20)21)8-18-12(22)19-10-4-2-3-9(7-10)5-6-14(15,16)17/h2-4,7,23H,5-6,8H2,1H3,(H,20,21)(H2,18,19,22). The van der Waals surface area contributed by atoms with Crippen LogP contribution in [0.15, 0.2) is 24.3 Å². The Labute approximate surface area is 130 Å². The van der Waals surface area contributed by atoms with E-state index in [1.54, 1.807) is 0 Å². The van der Waals surface area contributed by atoms with Gasteiger partial charge in [-0.3, -0.25) is 0 Å². The number of nitrogens with one attached hydrogen (secondary N) is 2. The molecule has 1 rings (SSSR count). The highest BCUT2D eigenvalue weighted by Crippen LogP contribution is 2.23. The van der Waals surface area contributed by atoms with Crippen LogP contribution < -0.4 is 10.6 Å². The second kappa shape index (κ2) is 7.32. The molecule has 0 fully saturated rings. The molecule has 0 saturated carbocycles. The summed E-state index contributed by atoms with van der Waals surface area (Å²) in [5.41, 5.74) is -1.46. The van der Waals surface area contributed by atoms with Crippen molar-refractivity contribution in [3.8, 4) is 0 Å². The summed E-state index contributed by atoms with van der Waals surface area (Å²) in [6, 6.07) is 5.09. The predicted octanol–water partition coefficient (Wildman–Crippen LogP) is 2.14. The Balaban J connectivity index is 2.57. The van der Waals surface area contributed by atoms with Gasteiger partial charge in [-0.05, 0) is 31.0 Å². The van der Waals surface area contributed by atoms with E-state index in [1.165, 1.54) is 24.3 Å². The number of carboxylic acid groups (broad SMARTS) is 1. The SMILES string of the molecule is CC(O)(CNC(=O)Nc1cccc(CCC(F)(F)F)c1)C(=O)O. The minimum Gasteiger partial charge on any atom is -0.479 e. The summed E-state index contributed by atoms with van der Waals surface area (Å²) in [7, 11) is 0. The van der Waals surface area contributed by atoms with Crippen LogP contribution in [0, 0.1) is 0 Å². The molecule has 0 heterocycles. The number of alkyl halides is 3. The zero-order chi connectivity index (χ0) is 17.7. The van der Waals surface area contributed by atoms with E-state index in [-0.39, 0.29) is 12.1 Å². The molecule has 0 aliphatic heterocycles. The molecule has 9 heteroatoms. The van der Waals surface area contributed by atoms with Crippen LogP contribution in [0.25, 0.3) is 0 Å². The molecule has 0 radical (unpaired) electrons. The Morgan fingerprint density at radius 2 is 1.91 bits per heavy atom. The maximum atomic E-state index is 12.2. The number of carbonyl (C=O) groups excluding carboxylic acids is 1. The molecule has 0 bridgehead atoms. The van der Waals surface area contributed by atoms with Crippen LogP contribution in [-0.4, -0.2) is 40.5 Å². The molecule has 0 aliphatic rings. The fourth-order valence-electron chi connectivity index (χ4n) is 1.59. The topological polar surface area (TPSA) is 98.7 Å². The Morgan fingerprint density at radius 3 is 2.48 bits per heavy atom. The lowest BCUT2D eigenvalue weighted by Crippen LogP contribution is -2.47. The summed E-state index contributed by atoms with van der Waals surface area (Å²) in [6.45, 7) is 0.495. The minimum absolute atomic E-state index is 0.214. The number of aliphatic carboxylic acids is 1. The Morgan fingerprint density at radius 1 is 1.26 bits per heavy atom. The highest BCUT2D eigenvalue weighted by molar-refractivity contribution is 5.90. The monoisotopic (exact) mass is 334 g/mol. The number of amides is 2. The number of urea groups is 1. The molecule has 0 saturated heterocycles. The summed E-state index contributed by atoms with van der Waals surface area (Å²) in [4.78, 5) is 22.3. The van der Waals surface area contributed by atoms with E-state index in [0.29, 0.717) is 5.56 Å². The van der Waals surface area contributed by atoms with Crippen molar-refractivity contribution in [2.75, 3.05) is 11.9 Å². The number of rotatable bonds is 6. The van der Waals surface area contributed by atoms with Gasteiger partial charge in [-0.1, -0.05) is 12.1 Å². The van der Waals surface area contributed by atoms with E-state index in [0.717, 1.165) is 6.92 Å². The second-order valence-electron chi connectivity index (χ2n) is 5.20. The molecule has 6 nitrogen and oxygen atoms in total. The van der Waals surface area contributed by atoms with Gasteiger partial charge in [-0.25, -0.2) is 9.59 Å². The number of halogens is 3. The molecule has 1 aromatic rings. The van der Waals surface area contributed by atoms with Crippen molar-refractivity contribution < 1.29 is 33.0 Å². The van der Waals surface area contributed by atoms with E-state index in [1.807, 2.05) is 0 Å². The van der Waals surface area contributed by atoms with Crippen molar-refractivity contribution in [2.45, 2.75) is 31.5 Å². The lowest BCUT2D eigenvalue weighted by molar-refractivity contribution is -0.155. The number of hydrogen-bond donors (Lipinski definition) is 4. The molecule has 0 aromatic heterocycles. The van der Waals surface area contributed by atoms with E-state index in [4.69, 9.17) is 5.11 Å². The molecule has 1 atom stereocenters. The average Bonchev–Trinajstić information content (AvgIpc) is 2.43. The van der Waals surface area contributed by atoms with Gasteiger partial charge in [0.25, 0.3) is 0 Å². The van der Waals surface area contributed by atoms with Crippen LogP contribution in [0.1, 0.15) is 18.9 Å². The van der Waals surface area contributed by atoms with Crippen molar-refractivity contribution in [3.05, 3.63) is 29.8 Å². The van der Waals surface area contributed by atoms with Gasteiger partial charge in [0.15, 0.2) is 5.60 Å². The maximum absolute atomic E-state index is 12.2. The first-order valence-electron chi connectivity index (χ1n) is 6.66. The van der Waals surface area contributed by atoms with Crippen LogP contribution in [0.5, 0.6) is 0 Å². The fraction of sp³-hybridized carbons (Fsp3) is 0.429. The Kier molecular flexibility index (Phi) is 5.97. The zero-order valence-corrected chi connectivity index (χ0v) is 12.3. The van der Waals surface area contributed by atoms with Crippen LogP contribution in [-0.2, 0) is 11.2 Å². The Bertz CT molecular complexity index is 573. The van der Waals surface area contributed by atoms with Crippen LogP contribution in [0.4, 0.5) is 23.7 Å². The third-order valence-electron chi connectivity index (χ3n) is 2.94. The van der Waals surface area contributed by atoms with Gasteiger partial charge in [0.1, 0.15) is 0 Å². The van der Waals surface area contributed by atoms with Gasteiger partial charge in [0.05, 0.1) is 6.54 Å². The molecule has 2 amide bonds. The smallest absolute Gasteiger partial charge is 0.389 e. The first-order chi connectivity index (χ1) is 10.5. The minimum atomic E-state index is -4.26. The first-order valence-corrected chi connectivity index (χ1v) is 6.66. The summed E-state index contributed by atoms with van der Waals surface area (Å²) in [6.07, 6.45) is -5.44. The normalized spacial score (nSPS) is 14.0. The molecule has 128 valence electrons.